The molecular weight excluding hydrogens is 208 g/mol. The lowest BCUT2D eigenvalue weighted by molar-refractivity contribution is -0.144. The Morgan fingerprint density at radius 2 is 2.25 bits per heavy atom. The third-order valence-corrected chi connectivity index (χ3v) is 3.27. The lowest BCUT2D eigenvalue weighted by Crippen LogP contribution is -2.49. The summed E-state index contributed by atoms with van der Waals surface area (Å²) in [5.74, 6) is -0.791. The van der Waals surface area contributed by atoms with Crippen LogP contribution < -0.4 is 5.32 Å². The van der Waals surface area contributed by atoms with Crippen LogP contribution in [0.5, 0.6) is 0 Å². The molecule has 1 rings (SSSR count). The van der Waals surface area contributed by atoms with E-state index in [1.54, 1.807) is 14.0 Å². The van der Waals surface area contributed by atoms with Crippen LogP contribution in [0.15, 0.2) is 0 Å². The van der Waals surface area contributed by atoms with Crippen molar-refractivity contribution in [2.24, 2.45) is 0 Å². The summed E-state index contributed by atoms with van der Waals surface area (Å²) in [5.41, 5.74) is -0.826. The van der Waals surface area contributed by atoms with Crippen LogP contribution in [0.3, 0.4) is 0 Å². The second-order valence-electron chi connectivity index (χ2n) is 4.44. The average Bonchev–Trinajstić information content (AvgIpc) is 2.54. The molecule has 1 saturated heterocycles. The Morgan fingerprint density at radius 3 is 2.88 bits per heavy atom. The fourth-order valence-corrected chi connectivity index (χ4v) is 1.74. The summed E-state index contributed by atoms with van der Waals surface area (Å²) >= 11 is 0. The minimum atomic E-state index is -0.826. The summed E-state index contributed by atoms with van der Waals surface area (Å²) < 4.78 is 5.36. The number of hydrogen-bond acceptors (Lipinski definition) is 4. The van der Waals surface area contributed by atoms with Crippen LogP contribution in [-0.4, -0.2) is 61.4 Å². The number of nitrogens with zero attached hydrogens (tertiary/aromatic N) is 1. The third-order valence-electron chi connectivity index (χ3n) is 3.27. The Morgan fingerprint density at radius 1 is 1.50 bits per heavy atom. The molecule has 5 heteroatoms. The molecule has 0 saturated carbocycles. The number of rotatable bonds is 5. The van der Waals surface area contributed by atoms with Crippen molar-refractivity contribution in [3.8, 4) is 0 Å². The molecule has 1 aliphatic heterocycles. The summed E-state index contributed by atoms with van der Waals surface area (Å²) in [6, 6.07) is 0. The van der Waals surface area contributed by atoms with Crippen LogP contribution >= 0.6 is 0 Å². The van der Waals surface area contributed by atoms with Crippen molar-refractivity contribution in [3.63, 3.8) is 0 Å². The smallest absolute Gasteiger partial charge is 0.323 e. The molecule has 0 spiro atoms. The highest BCUT2D eigenvalue weighted by molar-refractivity contribution is 5.78. The Bertz CT molecular complexity index is 227. The Labute approximate surface area is 96.8 Å². The van der Waals surface area contributed by atoms with Gasteiger partial charge in [-0.1, -0.05) is 0 Å². The number of likely N-dealkylation sites (N-methyl/N-ethyl adjacent to an activating group) is 1. The highest BCUT2D eigenvalue weighted by atomic mass is 16.5. The number of hydrogen-bond donors (Lipinski definition) is 2. The van der Waals surface area contributed by atoms with Crippen LogP contribution in [0, 0.1) is 0 Å². The fourth-order valence-electron chi connectivity index (χ4n) is 1.74. The maximum Gasteiger partial charge on any atom is 0.323 e. The van der Waals surface area contributed by atoms with E-state index in [4.69, 9.17) is 9.84 Å². The first-order valence-electron chi connectivity index (χ1n) is 5.81. The Hall–Kier alpha value is -0.650. The normalized spacial score (nSPS) is 22.4. The number of aliphatic carboxylic acids is 1. The van der Waals surface area contributed by atoms with Gasteiger partial charge in [-0.15, -0.1) is 0 Å². The molecule has 16 heavy (non-hydrogen) atoms. The largest absolute Gasteiger partial charge is 0.480 e. The van der Waals surface area contributed by atoms with Crippen LogP contribution in [0.4, 0.5) is 0 Å². The Kier molecular flexibility index (Phi) is 5.18. The highest BCUT2D eigenvalue weighted by Gasteiger charge is 2.31. The topological polar surface area (TPSA) is 61.8 Å². The molecule has 0 amide bonds. The molecular formula is C11H22N2O3. The first-order chi connectivity index (χ1) is 7.58. The molecule has 1 atom stereocenters. The maximum absolute atomic E-state index is 11.1. The van der Waals surface area contributed by atoms with E-state index in [0.29, 0.717) is 6.42 Å². The quantitative estimate of drug-likeness (QED) is 0.704. The van der Waals surface area contributed by atoms with Gasteiger partial charge in [0.15, 0.2) is 0 Å². The van der Waals surface area contributed by atoms with Crippen LogP contribution in [0.25, 0.3) is 0 Å². The Balaban J connectivity index is 2.39. The molecule has 1 unspecified atom stereocenters. The van der Waals surface area contributed by atoms with E-state index in [9.17, 15) is 4.79 Å². The van der Waals surface area contributed by atoms with Gasteiger partial charge >= 0.3 is 5.97 Å². The molecule has 0 aromatic heterocycles. The van der Waals surface area contributed by atoms with Gasteiger partial charge in [0.25, 0.3) is 0 Å². The van der Waals surface area contributed by atoms with Gasteiger partial charge in [-0.25, -0.2) is 0 Å². The lowest BCUT2D eigenvalue weighted by atomic mass is 9.98. The predicted molar refractivity (Wildman–Crippen MR) is 61.6 cm³/mol. The van der Waals surface area contributed by atoms with Gasteiger partial charge < -0.3 is 20.1 Å². The van der Waals surface area contributed by atoms with Crippen molar-refractivity contribution in [2.45, 2.75) is 25.3 Å². The van der Waals surface area contributed by atoms with E-state index < -0.39 is 11.5 Å². The van der Waals surface area contributed by atoms with Gasteiger partial charge in [0.2, 0.25) is 0 Å². The number of carboxylic acid groups (broad SMARTS) is 1. The van der Waals surface area contributed by atoms with Crippen molar-refractivity contribution >= 4 is 5.97 Å². The van der Waals surface area contributed by atoms with Gasteiger partial charge in [-0.3, -0.25) is 4.79 Å². The fraction of sp³-hybridized carbons (Fsp3) is 0.909. The van der Waals surface area contributed by atoms with Crippen molar-refractivity contribution in [1.82, 2.24) is 10.2 Å². The molecule has 2 N–H and O–H groups in total. The zero-order valence-corrected chi connectivity index (χ0v) is 10.2. The summed E-state index contributed by atoms with van der Waals surface area (Å²) in [7, 11) is 1.69. The summed E-state index contributed by atoms with van der Waals surface area (Å²) in [4.78, 5) is 13.4. The van der Waals surface area contributed by atoms with E-state index in [0.717, 1.165) is 39.3 Å². The van der Waals surface area contributed by atoms with Crippen molar-refractivity contribution in [2.75, 3.05) is 39.9 Å². The van der Waals surface area contributed by atoms with E-state index in [1.807, 2.05) is 0 Å². The average molecular weight is 230 g/mol. The second-order valence-corrected chi connectivity index (χ2v) is 4.44. The number of carbonyl (C=O) groups is 1. The maximum atomic E-state index is 11.1. The van der Waals surface area contributed by atoms with E-state index in [-0.39, 0.29) is 0 Å². The SMILES string of the molecule is CNC(C)(CCN1CCCOCC1)C(=O)O. The molecule has 0 aromatic carbocycles. The first kappa shape index (κ1) is 13.4. The molecule has 0 radical (unpaired) electrons. The third kappa shape index (κ3) is 3.73. The van der Waals surface area contributed by atoms with Crippen LogP contribution in [0.1, 0.15) is 19.8 Å². The molecule has 0 bridgehead atoms. The highest BCUT2D eigenvalue weighted by Crippen LogP contribution is 2.11. The van der Waals surface area contributed by atoms with Crippen molar-refractivity contribution < 1.29 is 14.6 Å². The minimum absolute atomic E-state index is 0.610. The van der Waals surface area contributed by atoms with Crippen molar-refractivity contribution in [1.29, 1.82) is 0 Å². The monoisotopic (exact) mass is 230 g/mol. The number of ether oxygens (including phenoxy) is 1. The standard InChI is InChI=1S/C11H22N2O3/c1-11(12-2,10(14)15)4-6-13-5-3-8-16-9-7-13/h12H,3-9H2,1-2H3,(H,14,15). The first-order valence-corrected chi connectivity index (χ1v) is 5.81. The van der Waals surface area contributed by atoms with E-state index in [2.05, 4.69) is 10.2 Å². The van der Waals surface area contributed by atoms with Crippen molar-refractivity contribution in [3.05, 3.63) is 0 Å². The van der Waals surface area contributed by atoms with Gasteiger partial charge in [0.05, 0.1) is 6.61 Å². The van der Waals surface area contributed by atoms with Crippen LogP contribution in [0.2, 0.25) is 0 Å². The molecule has 5 nitrogen and oxygen atoms in total. The van der Waals surface area contributed by atoms with Gasteiger partial charge in [0, 0.05) is 26.2 Å². The molecule has 1 aliphatic rings. The summed E-state index contributed by atoms with van der Waals surface area (Å²) in [6.45, 7) is 6.00. The summed E-state index contributed by atoms with van der Waals surface area (Å²) in [5, 5.41) is 12.0. The second kappa shape index (κ2) is 6.18. The van der Waals surface area contributed by atoms with Gasteiger partial charge in [0.1, 0.15) is 5.54 Å². The summed E-state index contributed by atoms with van der Waals surface area (Å²) in [6.07, 6.45) is 1.64. The zero-order chi connectivity index (χ0) is 12.0. The molecule has 0 aliphatic carbocycles. The molecule has 1 heterocycles. The lowest BCUT2D eigenvalue weighted by Gasteiger charge is -2.28. The number of carboxylic acids is 1. The molecule has 94 valence electrons. The molecule has 1 fully saturated rings. The van der Waals surface area contributed by atoms with E-state index >= 15 is 0 Å². The van der Waals surface area contributed by atoms with E-state index in [1.165, 1.54) is 0 Å². The number of nitrogens with one attached hydrogen (secondary N) is 1. The van der Waals surface area contributed by atoms with Gasteiger partial charge in [-0.2, -0.15) is 0 Å². The zero-order valence-electron chi connectivity index (χ0n) is 10.2. The minimum Gasteiger partial charge on any atom is -0.480 e. The predicted octanol–water partition coefficient (Wildman–Crippen LogP) is 0.162. The van der Waals surface area contributed by atoms with Gasteiger partial charge in [-0.05, 0) is 26.8 Å². The van der Waals surface area contributed by atoms with Crippen LogP contribution in [-0.2, 0) is 9.53 Å². The molecule has 0 aromatic rings.